The lowest BCUT2D eigenvalue weighted by Gasteiger charge is -2.24. The van der Waals surface area contributed by atoms with Crippen LogP contribution in [0.15, 0.2) is 36.9 Å². The van der Waals surface area contributed by atoms with Gasteiger partial charge in [0.2, 0.25) is 0 Å². The number of rotatable bonds is 2. The summed E-state index contributed by atoms with van der Waals surface area (Å²) in [7, 11) is 0. The molecule has 1 amide bonds. The molecule has 0 saturated carbocycles. The zero-order chi connectivity index (χ0) is 13.9. The van der Waals surface area contributed by atoms with Crippen molar-refractivity contribution in [2.24, 2.45) is 0 Å². The first kappa shape index (κ1) is 13.0. The maximum Gasteiger partial charge on any atom is 0.274 e. The summed E-state index contributed by atoms with van der Waals surface area (Å²) in [5, 5.41) is 0.230. The van der Waals surface area contributed by atoms with Crippen LogP contribution in [0.5, 0.6) is 0 Å². The second-order valence-corrected chi connectivity index (χ2v) is 5.06. The van der Waals surface area contributed by atoms with Crippen LogP contribution >= 0.6 is 11.6 Å². The number of hydrogen-bond acceptors (Lipinski definition) is 4. The summed E-state index contributed by atoms with van der Waals surface area (Å²) in [4.78, 5) is 26.4. The van der Waals surface area contributed by atoms with Crippen molar-refractivity contribution in [1.29, 1.82) is 0 Å². The van der Waals surface area contributed by atoms with E-state index >= 15 is 0 Å². The number of carbonyl (C=O) groups excluding carboxylic acids is 1. The van der Waals surface area contributed by atoms with Crippen molar-refractivity contribution >= 4 is 17.5 Å². The summed E-state index contributed by atoms with van der Waals surface area (Å²) in [5.74, 6) is -0.133. The number of aromatic nitrogens is 3. The summed E-state index contributed by atoms with van der Waals surface area (Å²) in [6.45, 7) is 0.715. The molecule has 3 heterocycles. The number of likely N-dealkylation sites (tertiary alicyclic amines) is 1. The van der Waals surface area contributed by atoms with Gasteiger partial charge in [0.25, 0.3) is 5.91 Å². The van der Waals surface area contributed by atoms with Crippen LogP contribution in [-0.4, -0.2) is 32.3 Å². The average molecular weight is 289 g/mol. The monoisotopic (exact) mass is 288 g/mol. The van der Waals surface area contributed by atoms with Gasteiger partial charge in [-0.3, -0.25) is 14.8 Å². The van der Waals surface area contributed by atoms with E-state index in [2.05, 4.69) is 15.0 Å². The molecule has 0 bridgehead atoms. The molecule has 6 heteroatoms. The van der Waals surface area contributed by atoms with Gasteiger partial charge in [-0.15, -0.1) is 0 Å². The minimum Gasteiger partial charge on any atom is -0.330 e. The van der Waals surface area contributed by atoms with Crippen LogP contribution in [0.1, 0.15) is 34.9 Å². The predicted octanol–water partition coefficient (Wildman–Crippen LogP) is 2.50. The van der Waals surface area contributed by atoms with Crippen LogP contribution in [0.4, 0.5) is 0 Å². The molecule has 0 radical (unpaired) electrons. The van der Waals surface area contributed by atoms with Gasteiger partial charge in [0.15, 0.2) is 0 Å². The van der Waals surface area contributed by atoms with Crippen molar-refractivity contribution in [3.63, 3.8) is 0 Å². The van der Waals surface area contributed by atoms with Crippen molar-refractivity contribution in [2.75, 3.05) is 6.54 Å². The quantitative estimate of drug-likeness (QED) is 0.852. The van der Waals surface area contributed by atoms with Crippen LogP contribution in [0.3, 0.4) is 0 Å². The van der Waals surface area contributed by atoms with E-state index < -0.39 is 0 Å². The molecular formula is C14H13ClN4O. The summed E-state index contributed by atoms with van der Waals surface area (Å²) >= 11 is 5.79. The Balaban J connectivity index is 1.87. The lowest BCUT2D eigenvalue weighted by Crippen LogP contribution is -2.31. The molecular weight excluding hydrogens is 276 g/mol. The molecule has 1 aliphatic rings. The number of pyridine rings is 1. The van der Waals surface area contributed by atoms with E-state index in [1.807, 2.05) is 17.0 Å². The Morgan fingerprint density at radius 3 is 2.95 bits per heavy atom. The number of nitrogens with zero attached hydrogens (tertiary/aromatic N) is 4. The second kappa shape index (κ2) is 5.54. The third-order valence-electron chi connectivity index (χ3n) is 3.41. The van der Waals surface area contributed by atoms with E-state index in [9.17, 15) is 4.79 Å². The van der Waals surface area contributed by atoms with Gasteiger partial charge < -0.3 is 4.90 Å². The van der Waals surface area contributed by atoms with E-state index in [1.165, 1.54) is 12.4 Å². The van der Waals surface area contributed by atoms with Gasteiger partial charge in [-0.2, -0.15) is 0 Å². The summed E-state index contributed by atoms with van der Waals surface area (Å²) in [6.07, 6.45) is 8.31. The minimum absolute atomic E-state index is 0.0528. The highest BCUT2D eigenvalue weighted by atomic mass is 35.5. The molecule has 2 aromatic heterocycles. The Bertz CT molecular complexity index is 620. The van der Waals surface area contributed by atoms with E-state index in [1.54, 1.807) is 12.4 Å². The summed E-state index contributed by atoms with van der Waals surface area (Å²) in [5.41, 5.74) is 1.33. The molecule has 5 nitrogen and oxygen atoms in total. The number of carbonyl (C=O) groups is 1. The first-order valence-electron chi connectivity index (χ1n) is 6.44. The highest BCUT2D eigenvalue weighted by Crippen LogP contribution is 2.32. The minimum atomic E-state index is -0.133. The van der Waals surface area contributed by atoms with Crippen molar-refractivity contribution in [2.45, 2.75) is 18.9 Å². The number of hydrogen-bond donors (Lipinski definition) is 0. The number of halogens is 1. The Morgan fingerprint density at radius 1 is 1.30 bits per heavy atom. The van der Waals surface area contributed by atoms with E-state index in [4.69, 9.17) is 11.6 Å². The third-order valence-corrected chi connectivity index (χ3v) is 3.59. The molecule has 102 valence electrons. The predicted molar refractivity (Wildman–Crippen MR) is 74.3 cm³/mol. The van der Waals surface area contributed by atoms with Gasteiger partial charge in [-0.25, -0.2) is 4.98 Å². The lowest BCUT2D eigenvalue weighted by atomic mass is 10.1. The smallest absolute Gasteiger partial charge is 0.274 e. The molecule has 0 aromatic carbocycles. The lowest BCUT2D eigenvalue weighted by molar-refractivity contribution is 0.0729. The maximum absolute atomic E-state index is 12.5. The molecule has 1 saturated heterocycles. The molecule has 1 atom stereocenters. The molecule has 1 aliphatic heterocycles. The molecule has 3 rings (SSSR count). The highest BCUT2D eigenvalue weighted by molar-refractivity contribution is 6.29. The summed E-state index contributed by atoms with van der Waals surface area (Å²) < 4.78 is 0. The molecule has 0 aliphatic carbocycles. The van der Waals surface area contributed by atoms with E-state index in [0.717, 1.165) is 18.4 Å². The van der Waals surface area contributed by atoms with Gasteiger partial charge >= 0.3 is 0 Å². The molecule has 1 fully saturated rings. The van der Waals surface area contributed by atoms with E-state index in [-0.39, 0.29) is 22.8 Å². The largest absolute Gasteiger partial charge is 0.330 e. The molecule has 20 heavy (non-hydrogen) atoms. The Hall–Kier alpha value is -2.01. The van der Waals surface area contributed by atoms with Gasteiger partial charge in [0, 0.05) is 18.9 Å². The van der Waals surface area contributed by atoms with Gasteiger partial charge in [0.05, 0.1) is 18.4 Å². The Labute approximate surface area is 121 Å². The average Bonchev–Trinajstić information content (AvgIpc) is 2.97. The fraction of sp³-hybridized carbons (Fsp3) is 0.286. The normalized spacial score (nSPS) is 18.2. The topological polar surface area (TPSA) is 59.0 Å². The maximum atomic E-state index is 12.5. The van der Waals surface area contributed by atoms with Crippen molar-refractivity contribution in [3.05, 3.63) is 53.3 Å². The third kappa shape index (κ3) is 2.49. The van der Waals surface area contributed by atoms with Crippen molar-refractivity contribution < 1.29 is 4.79 Å². The van der Waals surface area contributed by atoms with Crippen LogP contribution in [0.2, 0.25) is 5.15 Å². The first-order chi connectivity index (χ1) is 9.75. The zero-order valence-corrected chi connectivity index (χ0v) is 11.5. The summed E-state index contributed by atoms with van der Waals surface area (Å²) in [6, 6.07) is 3.93. The van der Waals surface area contributed by atoms with E-state index in [0.29, 0.717) is 6.54 Å². The Morgan fingerprint density at radius 2 is 2.20 bits per heavy atom. The standard InChI is InChI=1S/C14H13ClN4O/c15-13-9-17-8-11(18-13)14(20)19-6-2-4-12(19)10-3-1-5-16-7-10/h1,3,5,7-9,12H,2,4,6H2. The number of amides is 1. The van der Waals surface area contributed by atoms with Crippen LogP contribution in [-0.2, 0) is 0 Å². The van der Waals surface area contributed by atoms with Crippen molar-refractivity contribution in [1.82, 2.24) is 19.9 Å². The molecule has 2 aromatic rings. The fourth-order valence-corrected chi connectivity index (χ4v) is 2.67. The highest BCUT2D eigenvalue weighted by Gasteiger charge is 2.31. The van der Waals surface area contributed by atoms with Gasteiger partial charge in [-0.1, -0.05) is 17.7 Å². The molecule has 0 N–H and O–H groups in total. The van der Waals surface area contributed by atoms with Gasteiger partial charge in [0.1, 0.15) is 10.8 Å². The SMILES string of the molecule is O=C(c1cncc(Cl)n1)N1CCCC1c1cccnc1. The van der Waals surface area contributed by atoms with Gasteiger partial charge in [-0.05, 0) is 24.5 Å². The van der Waals surface area contributed by atoms with Crippen LogP contribution in [0, 0.1) is 0 Å². The van der Waals surface area contributed by atoms with Crippen LogP contribution < -0.4 is 0 Å². The van der Waals surface area contributed by atoms with Crippen LogP contribution in [0.25, 0.3) is 0 Å². The van der Waals surface area contributed by atoms with Crippen molar-refractivity contribution in [3.8, 4) is 0 Å². The Kier molecular flexibility index (Phi) is 3.60. The zero-order valence-electron chi connectivity index (χ0n) is 10.7. The molecule has 0 spiro atoms. The molecule has 1 unspecified atom stereocenters. The second-order valence-electron chi connectivity index (χ2n) is 4.67. The first-order valence-corrected chi connectivity index (χ1v) is 6.82. The fourth-order valence-electron chi connectivity index (χ4n) is 2.52.